The zero-order chi connectivity index (χ0) is 31.1. The van der Waals surface area contributed by atoms with E-state index in [0.29, 0.717) is 33.1 Å². The number of aryl methyl sites for hydroxylation is 2. The molecule has 12 heteroatoms. The van der Waals surface area contributed by atoms with E-state index >= 15 is 4.39 Å². The summed E-state index contributed by atoms with van der Waals surface area (Å²) in [5.41, 5.74) is 3.67. The van der Waals surface area contributed by atoms with E-state index in [1.807, 2.05) is 26.0 Å². The van der Waals surface area contributed by atoms with Crippen LogP contribution in [0, 0.1) is 30.0 Å². The van der Waals surface area contributed by atoms with Gasteiger partial charge in [-0.3, -0.25) is 0 Å². The molecule has 44 heavy (non-hydrogen) atoms. The molecular weight excluding hydrogens is 612 g/mol. The van der Waals surface area contributed by atoms with Crippen molar-refractivity contribution in [3.05, 3.63) is 63.1 Å². The van der Waals surface area contributed by atoms with Crippen molar-refractivity contribution in [3.8, 4) is 17.2 Å². The molecule has 2 N–H and O–H groups in total. The Morgan fingerprint density at radius 2 is 2.05 bits per heavy atom. The third-order valence-electron chi connectivity index (χ3n) is 9.35. The van der Waals surface area contributed by atoms with Gasteiger partial charge < -0.3 is 20.1 Å². The van der Waals surface area contributed by atoms with Gasteiger partial charge in [-0.1, -0.05) is 35.3 Å². The maximum absolute atomic E-state index is 16.8. The van der Waals surface area contributed by atoms with Gasteiger partial charge in [0.1, 0.15) is 5.52 Å². The molecule has 2 bridgehead atoms. The summed E-state index contributed by atoms with van der Waals surface area (Å²) in [5, 5.41) is 17.8. The number of pyridine rings is 1. The lowest BCUT2D eigenvalue weighted by molar-refractivity contribution is -0.110. The summed E-state index contributed by atoms with van der Waals surface area (Å²) in [5.74, 6) is -3.06. The lowest BCUT2D eigenvalue weighted by Gasteiger charge is -2.40. The molecule has 0 radical (unpaired) electrons. The second kappa shape index (κ2) is 10.5. The van der Waals surface area contributed by atoms with E-state index in [2.05, 4.69) is 21.3 Å². The molecule has 2 aromatic carbocycles. The first kappa shape index (κ1) is 29.2. The fourth-order valence-electron chi connectivity index (χ4n) is 7.18. The van der Waals surface area contributed by atoms with Crippen LogP contribution in [0.15, 0.2) is 30.3 Å². The minimum atomic E-state index is -2.87. The number of hydrogen-bond donors (Lipinski definition) is 2. The minimum Gasteiger partial charge on any atom is -0.337 e. The van der Waals surface area contributed by atoms with Crippen molar-refractivity contribution in [3.63, 3.8) is 0 Å². The number of likely N-dealkylation sites (tertiary alicyclic amines) is 1. The third kappa shape index (κ3) is 4.51. The maximum Gasteiger partial charge on any atom is 0.318 e. The summed E-state index contributed by atoms with van der Waals surface area (Å²) in [6.07, 6.45) is 1.46. The van der Waals surface area contributed by atoms with Gasteiger partial charge in [-0.2, -0.15) is 5.26 Å². The number of urea groups is 1. The van der Waals surface area contributed by atoms with E-state index in [4.69, 9.17) is 28.2 Å². The highest BCUT2D eigenvalue weighted by Crippen LogP contribution is 2.49. The molecule has 5 heterocycles. The van der Waals surface area contributed by atoms with E-state index in [0.717, 1.165) is 34.5 Å². The van der Waals surface area contributed by atoms with Crippen LogP contribution in [0.1, 0.15) is 48.8 Å². The van der Waals surface area contributed by atoms with Gasteiger partial charge in [-0.25, -0.2) is 22.9 Å². The van der Waals surface area contributed by atoms with Crippen molar-refractivity contribution in [2.45, 2.75) is 57.2 Å². The Hall–Kier alpha value is -3.52. The predicted octanol–water partition coefficient (Wildman–Crippen LogP) is 7.32. The number of carbonyl (C=O) groups is 1. The molecule has 3 saturated heterocycles. The Balaban J connectivity index is 1.44. The lowest BCUT2D eigenvalue weighted by Crippen LogP contribution is -2.61. The number of carbonyl (C=O) groups excluding carboxylic acids is 1. The van der Waals surface area contributed by atoms with Crippen molar-refractivity contribution in [2.24, 2.45) is 5.92 Å². The SMILES string of the molecule is Cc1nc2c(F)c(-c3cccc(Cl)c3Cl)c(CCC#N)cc2c2c1cc([C@@H](C)NC(=O)N1CC(F)(F)C1)n2[C@H]1[C@H]2CN[C@@H]1C2. The molecule has 4 aromatic rings. The van der Waals surface area contributed by atoms with Crippen molar-refractivity contribution in [1.29, 1.82) is 5.26 Å². The molecule has 4 aliphatic rings. The van der Waals surface area contributed by atoms with Gasteiger partial charge in [0.15, 0.2) is 5.82 Å². The topological polar surface area (TPSA) is 86.0 Å². The molecular formula is C32H29Cl2F3N6O. The van der Waals surface area contributed by atoms with E-state index in [1.54, 1.807) is 18.2 Å². The first-order valence-electron chi connectivity index (χ1n) is 14.6. The van der Waals surface area contributed by atoms with E-state index in [-0.39, 0.29) is 41.0 Å². The number of halogens is 5. The second-order valence-electron chi connectivity index (χ2n) is 12.2. The number of nitrogens with zero attached hydrogens (tertiary/aromatic N) is 4. The molecule has 7 nitrogen and oxygen atoms in total. The molecule has 2 amide bonds. The summed E-state index contributed by atoms with van der Waals surface area (Å²) < 4.78 is 45.9. The van der Waals surface area contributed by atoms with Crippen LogP contribution in [0.25, 0.3) is 32.9 Å². The molecule has 228 valence electrons. The number of amides is 2. The fraction of sp³-hybridized carbons (Fsp3) is 0.406. The number of rotatable bonds is 6. The van der Waals surface area contributed by atoms with Crippen LogP contribution in [0.2, 0.25) is 10.0 Å². The molecule has 4 fully saturated rings. The second-order valence-corrected chi connectivity index (χ2v) is 12.9. The molecule has 1 aliphatic carbocycles. The van der Waals surface area contributed by atoms with Crippen LogP contribution in [0.4, 0.5) is 18.0 Å². The zero-order valence-corrected chi connectivity index (χ0v) is 25.5. The number of benzene rings is 2. The van der Waals surface area contributed by atoms with Gasteiger partial charge in [-0.05, 0) is 56.4 Å². The number of hydrogen-bond acceptors (Lipinski definition) is 4. The highest BCUT2D eigenvalue weighted by molar-refractivity contribution is 6.43. The Morgan fingerprint density at radius 1 is 1.27 bits per heavy atom. The van der Waals surface area contributed by atoms with Gasteiger partial charge in [0, 0.05) is 52.3 Å². The maximum atomic E-state index is 16.8. The number of aromatic nitrogens is 2. The van der Waals surface area contributed by atoms with Gasteiger partial charge in [-0.15, -0.1) is 0 Å². The number of nitriles is 1. The first-order valence-corrected chi connectivity index (χ1v) is 15.4. The van der Waals surface area contributed by atoms with E-state index < -0.39 is 36.9 Å². The Morgan fingerprint density at radius 3 is 2.70 bits per heavy atom. The molecule has 2 aromatic heterocycles. The minimum absolute atomic E-state index is 0.0628. The molecule has 8 rings (SSSR count). The van der Waals surface area contributed by atoms with Crippen molar-refractivity contribution < 1.29 is 18.0 Å². The number of alkyl halides is 2. The monoisotopic (exact) mass is 640 g/mol. The summed E-state index contributed by atoms with van der Waals surface area (Å²) in [4.78, 5) is 18.7. The Kier molecular flexibility index (Phi) is 6.99. The largest absolute Gasteiger partial charge is 0.337 e. The normalized spacial score (nSPS) is 22.5. The molecule has 0 spiro atoms. The van der Waals surface area contributed by atoms with Crippen LogP contribution in [-0.2, 0) is 6.42 Å². The first-order chi connectivity index (χ1) is 21.0. The van der Waals surface area contributed by atoms with Gasteiger partial charge in [0.25, 0.3) is 5.92 Å². The smallest absolute Gasteiger partial charge is 0.318 e. The quantitative estimate of drug-likeness (QED) is 0.231. The number of fused-ring (bicyclic) bond motifs is 4. The Bertz CT molecular complexity index is 1880. The molecule has 4 atom stereocenters. The van der Waals surface area contributed by atoms with Crippen LogP contribution in [0.5, 0.6) is 0 Å². The Labute approximate surface area is 261 Å². The van der Waals surface area contributed by atoms with Crippen LogP contribution in [-0.4, -0.2) is 52.1 Å². The fourth-order valence-corrected chi connectivity index (χ4v) is 7.58. The average molecular weight is 642 g/mol. The van der Waals surface area contributed by atoms with E-state index in [1.165, 1.54) is 0 Å². The highest BCUT2D eigenvalue weighted by atomic mass is 35.5. The summed E-state index contributed by atoms with van der Waals surface area (Å²) in [6, 6.07) is 10.3. The molecule has 3 aliphatic heterocycles. The van der Waals surface area contributed by atoms with Gasteiger partial charge >= 0.3 is 6.03 Å². The van der Waals surface area contributed by atoms with Crippen molar-refractivity contribution in [1.82, 2.24) is 25.1 Å². The third-order valence-corrected chi connectivity index (χ3v) is 10.2. The lowest BCUT2D eigenvalue weighted by atomic mass is 9.79. The summed E-state index contributed by atoms with van der Waals surface area (Å²) in [6.45, 7) is 3.28. The standard InChI is InChI=1S/C32H29Cl2F3N6O/c1-15-20-11-24(16(2)41-31(44)42-13-32(36,37)14-42)43(29-18-10-23(29)39-12-18)30(20)21-9-17(5-4-8-38)25(27(35)28(21)40-15)19-6-3-7-22(33)26(19)34/h3,6-7,9,11,16,18,23,29,39H,4-5,10,12-14H2,1-2H3,(H,41,44)/t16-,18-,23-,29+/m1/s1. The van der Waals surface area contributed by atoms with Gasteiger partial charge in [0.2, 0.25) is 0 Å². The molecule has 0 unspecified atom stereocenters. The van der Waals surface area contributed by atoms with Crippen LogP contribution in [0.3, 0.4) is 0 Å². The molecule has 1 saturated carbocycles. The summed E-state index contributed by atoms with van der Waals surface area (Å²) >= 11 is 12.9. The summed E-state index contributed by atoms with van der Waals surface area (Å²) in [7, 11) is 0. The number of nitrogens with one attached hydrogen (secondary N) is 2. The average Bonchev–Trinajstić information content (AvgIpc) is 3.70. The van der Waals surface area contributed by atoms with Gasteiger partial charge in [0.05, 0.1) is 46.8 Å². The van der Waals surface area contributed by atoms with Crippen molar-refractivity contribution in [2.75, 3.05) is 19.6 Å². The van der Waals surface area contributed by atoms with E-state index in [9.17, 15) is 18.8 Å². The van der Waals surface area contributed by atoms with Crippen molar-refractivity contribution >= 4 is 51.0 Å². The zero-order valence-electron chi connectivity index (χ0n) is 24.0. The van der Waals surface area contributed by atoms with Crippen LogP contribution >= 0.6 is 23.2 Å². The predicted molar refractivity (Wildman–Crippen MR) is 164 cm³/mol. The highest BCUT2D eigenvalue weighted by Gasteiger charge is 2.50. The van der Waals surface area contributed by atoms with Crippen LogP contribution < -0.4 is 10.6 Å².